The number of carbonyl (C=O) groups excluding carboxylic acids is 1. The zero-order chi connectivity index (χ0) is 17.8. The van der Waals surface area contributed by atoms with Gasteiger partial charge >= 0.3 is 0 Å². The average Bonchev–Trinajstić information content (AvgIpc) is 3.17. The summed E-state index contributed by atoms with van der Waals surface area (Å²) in [5.41, 5.74) is 1.97. The van der Waals surface area contributed by atoms with Gasteiger partial charge in [0, 0.05) is 24.5 Å². The van der Waals surface area contributed by atoms with E-state index >= 15 is 0 Å². The Labute approximate surface area is 155 Å². The zero-order valence-electron chi connectivity index (χ0n) is 14.4. The highest BCUT2D eigenvalue weighted by Crippen LogP contribution is 2.25. The van der Waals surface area contributed by atoms with Gasteiger partial charge in [0.05, 0.1) is 5.39 Å². The molecule has 0 atom stereocenters. The molecule has 3 heterocycles. The van der Waals surface area contributed by atoms with Crippen LogP contribution in [0.15, 0.2) is 42.0 Å². The maximum Gasteiger partial charge on any atom is 0.262 e. The highest BCUT2D eigenvalue weighted by atomic mass is 32.1. The van der Waals surface area contributed by atoms with Gasteiger partial charge in [0.2, 0.25) is 5.88 Å². The van der Waals surface area contributed by atoms with E-state index in [1.807, 2.05) is 23.6 Å². The molecule has 0 spiro atoms. The molecule has 0 unspecified atom stereocenters. The van der Waals surface area contributed by atoms with E-state index in [2.05, 4.69) is 32.3 Å². The van der Waals surface area contributed by atoms with Gasteiger partial charge in [-0.1, -0.05) is 0 Å². The molecule has 2 aromatic heterocycles. The first-order chi connectivity index (χ1) is 12.8. The molecule has 6 nitrogen and oxygen atoms in total. The molecule has 0 aliphatic carbocycles. The molecule has 3 aromatic rings. The van der Waals surface area contributed by atoms with Crippen molar-refractivity contribution in [3.05, 3.63) is 42.0 Å². The number of nitrogens with zero attached hydrogens (tertiary/aromatic N) is 3. The molecule has 1 fully saturated rings. The molecule has 134 valence electrons. The fraction of sp³-hybridized carbons (Fsp3) is 0.316. The molecule has 1 N–H and O–H groups in total. The van der Waals surface area contributed by atoms with Gasteiger partial charge in [0.25, 0.3) is 5.91 Å². The zero-order valence-corrected chi connectivity index (χ0v) is 15.2. The van der Waals surface area contributed by atoms with E-state index in [0.29, 0.717) is 5.88 Å². The van der Waals surface area contributed by atoms with Crippen molar-refractivity contribution in [1.29, 1.82) is 0 Å². The molecule has 1 amide bonds. The number of hydrogen-bond acceptors (Lipinski definition) is 6. The lowest BCUT2D eigenvalue weighted by molar-refractivity contribution is -0.118. The van der Waals surface area contributed by atoms with Crippen molar-refractivity contribution < 1.29 is 9.53 Å². The monoisotopic (exact) mass is 368 g/mol. The molecular formula is C19H20N4O2S. The number of nitrogens with one attached hydrogen (secondary N) is 1. The highest BCUT2D eigenvalue weighted by molar-refractivity contribution is 7.16. The summed E-state index contributed by atoms with van der Waals surface area (Å²) >= 11 is 1.52. The Morgan fingerprint density at radius 2 is 1.92 bits per heavy atom. The minimum Gasteiger partial charge on any atom is -0.467 e. The largest absolute Gasteiger partial charge is 0.467 e. The van der Waals surface area contributed by atoms with Crippen LogP contribution in [0.1, 0.15) is 19.3 Å². The molecule has 0 bridgehead atoms. The molecule has 1 aliphatic heterocycles. The molecule has 1 saturated heterocycles. The Morgan fingerprint density at radius 1 is 1.12 bits per heavy atom. The van der Waals surface area contributed by atoms with Crippen LogP contribution < -0.4 is 15.0 Å². The third-order valence-corrected chi connectivity index (χ3v) is 5.26. The summed E-state index contributed by atoms with van der Waals surface area (Å²) in [4.78, 5) is 23.7. The van der Waals surface area contributed by atoms with E-state index in [1.54, 1.807) is 0 Å². The number of aromatic nitrogens is 2. The van der Waals surface area contributed by atoms with E-state index in [0.717, 1.165) is 29.0 Å². The second-order valence-corrected chi connectivity index (χ2v) is 7.14. The van der Waals surface area contributed by atoms with Crippen molar-refractivity contribution in [3.63, 3.8) is 0 Å². The van der Waals surface area contributed by atoms with Crippen molar-refractivity contribution in [2.24, 2.45) is 0 Å². The molecule has 0 radical (unpaired) electrons. The van der Waals surface area contributed by atoms with Crippen molar-refractivity contribution in [3.8, 4) is 5.88 Å². The van der Waals surface area contributed by atoms with Crippen LogP contribution >= 0.6 is 11.3 Å². The van der Waals surface area contributed by atoms with Gasteiger partial charge in [0.1, 0.15) is 11.2 Å². The number of benzene rings is 1. The maximum atomic E-state index is 12.2. The highest BCUT2D eigenvalue weighted by Gasteiger charge is 2.12. The van der Waals surface area contributed by atoms with Crippen LogP contribution in [-0.2, 0) is 4.79 Å². The lowest BCUT2D eigenvalue weighted by atomic mass is 10.1. The summed E-state index contributed by atoms with van der Waals surface area (Å²) in [5.74, 6) is 0.226. The maximum absolute atomic E-state index is 12.2. The number of amides is 1. The molecule has 4 rings (SSSR count). The molecule has 7 heteroatoms. The van der Waals surface area contributed by atoms with Gasteiger partial charge in [-0.3, -0.25) is 4.79 Å². The predicted octanol–water partition coefficient (Wildman–Crippen LogP) is 3.70. The number of ether oxygens (including phenoxy) is 1. The standard InChI is InChI=1S/C19H20N4O2S/c24-17(12-25-18-16-8-11-26-19(16)21-13-20-18)22-14-4-6-15(7-5-14)23-9-2-1-3-10-23/h4-8,11,13H,1-3,9-10,12H2,(H,22,24). The van der Waals surface area contributed by atoms with Crippen LogP contribution in [0.2, 0.25) is 0 Å². The van der Waals surface area contributed by atoms with Crippen molar-refractivity contribution in [1.82, 2.24) is 9.97 Å². The molecule has 1 aromatic carbocycles. The van der Waals surface area contributed by atoms with Crippen molar-refractivity contribution in [2.75, 3.05) is 29.9 Å². The first kappa shape index (κ1) is 16.8. The number of fused-ring (bicyclic) bond motifs is 1. The van der Waals surface area contributed by atoms with Gasteiger partial charge < -0.3 is 15.0 Å². The van der Waals surface area contributed by atoms with E-state index in [4.69, 9.17) is 4.74 Å². The second-order valence-electron chi connectivity index (χ2n) is 6.25. The smallest absolute Gasteiger partial charge is 0.262 e. The molecular weight excluding hydrogens is 348 g/mol. The van der Waals surface area contributed by atoms with Crippen LogP contribution in [-0.4, -0.2) is 35.6 Å². The minimum absolute atomic E-state index is 0.0875. The fourth-order valence-corrected chi connectivity index (χ4v) is 3.84. The van der Waals surface area contributed by atoms with Gasteiger partial charge in [0.15, 0.2) is 6.61 Å². The third kappa shape index (κ3) is 3.77. The Morgan fingerprint density at radius 3 is 2.73 bits per heavy atom. The number of hydrogen-bond donors (Lipinski definition) is 1. The molecule has 26 heavy (non-hydrogen) atoms. The van der Waals surface area contributed by atoms with E-state index in [1.165, 1.54) is 42.6 Å². The quantitative estimate of drug-likeness (QED) is 0.744. The van der Waals surface area contributed by atoms with Gasteiger partial charge in [-0.05, 0) is 55.0 Å². The van der Waals surface area contributed by atoms with Crippen molar-refractivity contribution >= 4 is 38.8 Å². The topological polar surface area (TPSA) is 67.3 Å². The number of anilines is 2. The number of carbonyl (C=O) groups is 1. The SMILES string of the molecule is O=C(COc1ncnc2sccc12)Nc1ccc(N2CCCCC2)cc1. The average molecular weight is 368 g/mol. The van der Waals surface area contributed by atoms with E-state index < -0.39 is 0 Å². The van der Waals surface area contributed by atoms with Gasteiger partial charge in [-0.2, -0.15) is 0 Å². The van der Waals surface area contributed by atoms with Gasteiger partial charge in [-0.25, -0.2) is 9.97 Å². The van der Waals surface area contributed by atoms with Crippen LogP contribution in [0.5, 0.6) is 5.88 Å². The minimum atomic E-state index is -0.210. The van der Waals surface area contributed by atoms with Crippen molar-refractivity contribution in [2.45, 2.75) is 19.3 Å². The number of piperidine rings is 1. The van der Waals surface area contributed by atoms with Gasteiger partial charge in [-0.15, -0.1) is 11.3 Å². The van der Waals surface area contributed by atoms with Crippen LogP contribution in [0.25, 0.3) is 10.2 Å². The Kier molecular flexibility index (Phi) is 4.97. The first-order valence-electron chi connectivity index (χ1n) is 8.75. The second kappa shape index (κ2) is 7.70. The Bertz CT molecular complexity index is 888. The Hall–Kier alpha value is -2.67. The van der Waals surface area contributed by atoms with Crippen LogP contribution in [0.3, 0.4) is 0 Å². The normalized spacial score (nSPS) is 14.4. The summed E-state index contributed by atoms with van der Waals surface area (Å²) in [6, 6.07) is 9.88. The summed E-state index contributed by atoms with van der Waals surface area (Å²) < 4.78 is 5.57. The van der Waals surface area contributed by atoms with Crippen LogP contribution in [0, 0.1) is 0 Å². The third-order valence-electron chi connectivity index (χ3n) is 4.44. The molecule has 0 saturated carbocycles. The number of thiophene rings is 1. The lowest BCUT2D eigenvalue weighted by Crippen LogP contribution is -2.29. The summed E-state index contributed by atoms with van der Waals surface area (Å²) in [6.07, 6.45) is 5.26. The summed E-state index contributed by atoms with van der Waals surface area (Å²) in [5, 5.41) is 5.62. The number of rotatable bonds is 5. The van der Waals surface area contributed by atoms with E-state index in [9.17, 15) is 4.79 Å². The van der Waals surface area contributed by atoms with E-state index in [-0.39, 0.29) is 12.5 Å². The lowest BCUT2D eigenvalue weighted by Gasteiger charge is -2.28. The summed E-state index contributed by atoms with van der Waals surface area (Å²) in [6.45, 7) is 2.13. The Balaban J connectivity index is 1.33. The first-order valence-corrected chi connectivity index (χ1v) is 9.63. The predicted molar refractivity (Wildman–Crippen MR) is 104 cm³/mol. The van der Waals surface area contributed by atoms with Crippen LogP contribution in [0.4, 0.5) is 11.4 Å². The fourth-order valence-electron chi connectivity index (χ4n) is 3.12. The summed E-state index contributed by atoms with van der Waals surface area (Å²) in [7, 11) is 0. The molecule has 1 aliphatic rings.